The Hall–Kier alpha value is -4.02. The van der Waals surface area contributed by atoms with E-state index in [1.807, 2.05) is 42.6 Å². The fraction of sp³-hybridized carbons (Fsp3) is 0.286. The summed E-state index contributed by atoms with van der Waals surface area (Å²) in [5, 5.41) is 5.09. The fourth-order valence-electron chi connectivity index (χ4n) is 3.99. The molecule has 0 radical (unpaired) electrons. The van der Waals surface area contributed by atoms with Crippen LogP contribution in [0, 0.1) is 0 Å². The van der Waals surface area contributed by atoms with Crippen molar-refractivity contribution in [1.82, 2.24) is 21.1 Å². The lowest BCUT2D eigenvalue weighted by atomic mass is 10.0. The van der Waals surface area contributed by atoms with Crippen molar-refractivity contribution in [2.75, 3.05) is 14.1 Å². The third-order valence-electron chi connectivity index (χ3n) is 6.18. The van der Waals surface area contributed by atoms with Gasteiger partial charge in [-0.1, -0.05) is 42.5 Å². The van der Waals surface area contributed by atoms with Gasteiger partial charge in [-0.25, -0.2) is 0 Å². The molecule has 1 aliphatic rings. The summed E-state index contributed by atoms with van der Waals surface area (Å²) in [6.45, 7) is 1.93. The van der Waals surface area contributed by atoms with Crippen molar-refractivity contribution in [1.29, 1.82) is 0 Å². The summed E-state index contributed by atoms with van der Waals surface area (Å²) in [6, 6.07) is 19.1. The summed E-state index contributed by atoms with van der Waals surface area (Å²) in [5.74, 6) is -1.55. The van der Waals surface area contributed by atoms with E-state index in [2.05, 4.69) is 28.3 Å². The van der Waals surface area contributed by atoms with E-state index >= 15 is 0 Å². The van der Waals surface area contributed by atoms with Crippen LogP contribution in [-0.2, 0) is 25.5 Å². The predicted molar refractivity (Wildman–Crippen MR) is 144 cm³/mol. The summed E-state index contributed by atoms with van der Waals surface area (Å²) in [4.78, 5) is 51.9. The Morgan fingerprint density at radius 1 is 0.974 bits per heavy atom. The average Bonchev–Trinajstić information content (AvgIpc) is 3.53. The Bertz CT molecular complexity index is 1320. The van der Waals surface area contributed by atoms with Crippen LogP contribution in [-0.4, -0.2) is 54.8 Å². The molecule has 0 aliphatic carbocycles. The minimum Gasteiger partial charge on any atom is -0.349 e. The highest BCUT2D eigenvalue weighted by Crippen LogP contribution is 2.27. The van der Waals surface area contributed by atoms with Gasteiger partial charge in [0.15, 0.2) is 12.2 Å². The molecule has 38 heavy (non-hydrogen) atoms. The maximum Gasteiger partial charge on any atom is 0.270 e. The summed E-state index contributed by atoms with van der Waals surface area (Å²) in [5.41, 5.74) is 7.92. The van der Waals surface area contributed by atoms with Gasteiger partial charge in [0.25, 0.3) is 17.7 Å². The first kappa shape index (κ1) is 27.0. The third-order valence-corrected chi connectivity index (χ3v) is 7.10. The molecule has 2 heterocycles. The van der Waals surface area contributed by atoms with Crippen molar-refractivity contribution in [3.63, 3.8) is 0 Å². The monoisotopic (exact) mass is 534 g/mol. The van der Waals surface area contributed by atoms with Crippen LogP contribution in [0.2, 0.25) is 0 Å². The maximum atomic E-state index is 13.1. The standard InChI is InChI=1S/C28H30N4O5S/c1-17(19-9-6-10-20(16-19)22-12-7-15-38-22)29-26(34)21-11-5-4-8-18(21)13-14-23(33)30-31-27(35)24-25(37-24)28(36)32(2)3/h4-12,15-17,24-25H,13-14H2,1-3H3,(H,29,34)(H,30,33)(H,31,35)/t17?,24-,25-/m1/s1. The molecule has 0 bridgehead atoms. The topological polar surface area (TPSA) is 120 Å². The molecule has 0 saturated carbocycles. The SMILES string of the molecule is CC(NC(=O)c1ccccc1CCC(=O)NNC(=O)[C@@H]1O[C@H]1C(=O)N(C)C)c1cccc(-c2cccs2)c1. The predicted octanol–water partition coefficient (Wildman–Crippen LogP) is 2.84. The molecular formula is C28H30N4O5S. The normalized spacial score (nSPS) is 16.7. The minimum absolute atomic E-state index is 0.0502. The third kappa shape index (κ3) is 6.64. The van der Waals surface area contributed by atoms with E-state index in [0.717, 1.165) is 16.0 Å². The average molecular weight is 535 g/mol. The zero-order valence-electron chi connectivity index (χ0n) is 21.4. The number of carbonyl (C=O) groups is 4. The first-order valence-electron chi connectivity index (χ1n) is 12.2. The van der Waals surface area contributed by atoms with Crippen LogP contribution in [0.25, 0.3) is 10.4 Å². The number of likely N-dealkylation sites (N-methyl/N-ethyl adjacent to an activating group) is 1. The summed E-state index contributed by atoms with van der Waals surface area (Å²) in [6.07, 6.45) is -1.39. The van der Waals surface area contributed by atoms with E-state index in [9.17, 15) is 19.2 Å². The molecular weight excluding hydrogens is 504 g/mol. The zero-order valence-corrected chi connectivity index (χ0v) is 22.2. The van der Waals surface area contributed by atoms with Gasteiger partial charge >= 0.3 is 0 Å². The maximum absolute atomic E-state index is 13.1. The Labute approximate surface area is 225 Å². The number of thiophene rings is 1. The van der Waals surface area contributed by atoms with Crippen LogP contribution in [0.3, 0.4) is 0 Å². The number of hydrogen-bond donors (Lipinski definition) is 3. The van der Waals surface area contributed by atoms with E-state index in [4.69, 9.17) is 4.74 Å². The number of rotatable bonds is 9. The number of benzene rings is 2. The van der Waals surface area contributed by atoms with Crippen LogP contribution in [0.5, 0.6) is 0 Å². The van der Waals surface area contributed by atoms with Gasteiger partial charge in [-0.15, -0.1) is 11.3 Å². The largest absolute Gasteiger partial charge is 0.349 e. The minimum atomic E-state index is -0.914. The van der Waals surface area contributed by atoms with Crippen LogP contribution < -0.4 is 16.2 Å². The second kappa shape index (κ2) is 12.0. The van der Waals surface area contributed by atoms with Gasteiger partial charge < -0.3 is 15.0 Å². The molecule has 2 aromatic carbocycles. The highest BCUT2D eigenvalue weighted by Gasteiger charge is 2.51. The molecule has 3 N–H and O–H groups in total. The van der Waals surface area contributed by atoms with Crippen molar-refractivity contribution >= 4 is 35.0 Å². The quantitative estimate of drug-likeness (QED) is 0.288. The Morgan fingerprint density at radius 2 is 1.76 bits per heavy atom. The first-order valence-corrected chi connectivity index (χ1v) is 13.1. The lowest BCUT2D eigenvalue weighted by Gasteiger charge is -2.17. The second-order valence-electron chi connectivity index (χ2n) is 9.20. The number of aryl methyl sites for hydroxylation is 1. The summed E-state index contributed by atoms with van der Waals surface area (Å²) < 4.78 is 5.10. The van der Waals surface area contributed by atoms with E-state index < -0.39 is 24.0 Å². The van der Waals surface area contributed by atoms with Gasteiger partial charge in [0, 0.05) is 31.0 Å². The lowest BCUT2D eigenvalue weighted by Crippen LogP contribution is -2.45. The first-order chi connectivity index (χ1) is 18.2. The molecule has 198 valence electrons. The molecule has 1 aliphatic heterocycles. The second-order valence-corrected chi connectivity index (χ2v) is 10.2. The fourth-order valence-corrected chi connectivity index (χ4v) is 4.71. The Balaban J connectivity index is 1.29. The van der Waals surface area contributed by atoms with Crippen molar-refractivity contribution in [3.05, 3.63) is 82.7 Å². The Kier molecular flexibility index (Phi) is 8.55. The number of nitrogens with zero attached hydrogens (tertiary/aromatic N) is 1. The number of amides is 4. The van der Waals surface area contributed by atoms with Crippen molar-refractivity contribution < 1.29 is 23.9 Å². The van der Waals surface area contributed by atoms with Gasteiger partial charge in [0.05, 0.1) is 6.04 Å². The van der Waals surface area contributed by atoms with Gasteiger partial charge in [-0.2, -0.15) is 0 Å². The number of ether oxygens (including phenoxy) is 1. The van der Waals surface area contributed by atoms with Gasteiger partial charge in [-0.3, -0.25) is 30.0 Å². The number of hydrazine groups is 1. The highest BCUT2D eigenvalue weighted by atomic mass is 32.1. The summed E-state index contributed by atoms with van der Waals surface area (Å²) in [7, 11) is 3.15. The molecule has 1 unspecified atom stereocenters. The van der Waals surface area contributed by atoms with Crippen LogP contribution >= 0.6 is 11.3 Å². The molecule has 4 rings (SSSR count). The molecule has 3 aromatic rings. The van der Waals surface area contributed by atoms with Gasteiger partial charge in [-0.05, 0) is 53.6 Å². The van der Waals surface area contributed by atoms with E-state index in [1.54, 1.807) is 43.6 Å². The van der Waals surface area contributed by atoms with Crippen molar-refractivity contribution in [2.24, 2.45) is 0 Å². The number of hydrogen-bond acceptors (Lipinski definition) is 6. The molecule has 4 amide bonds. The molecule has 3 atom stereocenters. The number of nitrogens with one attached hydrogen (secondary N) is 3. The van der Waals surface area contributed by atoms with Crippen molar-refractivity contribution in [2.45, 2.75) is 38.0 Å². The van der Waals surface area contributed by atoms with Crippen molar-refractivity contribution in [3.8, 4) is 10.4 Å². The molecule has 10 heteroatoms. The van der Waals surface area contributed by atoms with E-state index in [1.165, 1.54) is 4.90 Å². The van der Waals surface area contributed by atoms with Gasteiger partial charge in [0.1, 0.15) is 0 Å². The molecule has 1 saturated heterocycles. The molecule has 1 aromatic heterocycles. The Morgan fingerprint density at radius 3 is 2.50 bits per heavy atom. The van der Waals surface area contributed by atoms with Crippen LogP contribution in [0.4, 0.5) is 0 Å². The molecule has 0 spiro atoms. The smallest absolute Gasteiger partial charge is 0.270 e. The molecule has 9 nitrogen and oxygen atoms in total. The van der Waals surface area contributed by atoms with Crippen LogP contribution in [0.1, 0.15) is 40.9 Å². The molecule has 1 fully saturated rings. The number of epoxide rings is 1. The van der Waals surface area contributed by atoms with E-state index in [0.29, 0.717) is 17.5 Å². The van der Waals surface area contributed by atoms with Gasteiger partial charge in [0.2, 0.25) is 5.91 Å². The lowest BCUT2D eigenvalue weighted by molar-refractivity contribution is -0.130. The zero-order chi connectivity index (χ0) is 27.2. The number of carbonyl (C=O) groups excluding carboxylic acids is 4. The van der Waals surface area contributed by atoms with E-state index in [-0.39, 0.29) is 24.3 Å². The highest BCUT2D eigenvalue weighted by molar-refractivity contribution is 7.13. The van der Waals surface area contributed by atoms with Crippen LogP contribution in [0.15, 0.2) is 66.0 Å². The summed E-state index contributed by atoms with van der Waals surface area (Å²) >= 11 is 1.66.